The van der Waals surface area contributed by atoms with Crippen LogP contribution in [-0.2, 0) is 13.2 Å². The van der Waals surface area contributed by atoms with E-state index in [0.29, 0.717) is 5.52 Å². The largest absolute Gasteiger partial charge is 0.418 e. The normalized spacial score (nSPS) is 12.3. The summed E-state index contributed by atoms with van der Waals surface area (Å²) in [5.74, 6) is 0. The molecule has 2 aromatic rings. The molecular weight excluding hydrogens is 193 g/mol. The van der Waals surface area contributed by atoms with E-state index >= 15 is 0 Å². The molecule has 0 unspecified atom stereocenters. The maximum atomic E-state index is 12.5. The predicted molar refractivity (Wildman–Crippen MR) is 45.7 cm³/mol. The summed E-state index contributed by atoms with van der Waals surface area (Å²) in [5, 5.41) is 0.190. The van der Waals surface area contributed by atoms with Gasteiger partial charge in [-0.2, -0.15) is 13.2 Å². The van der Waals surface area contributed by atoms with Crippen molar-refractivity contribution in [2.45, 2.75) is 6.18 Å². The molecule has 0 saturated heterocycles. The lowest BCUT2D eigenvalue weighted by molar-refractivity contribution is -0.136. The average Bonchev–Trinajstić information content (AvgIpc) is 2.44. The molecular formula is C9H7F3N2. The minimum atomic E-state index is -4.30. The summed E-state index contributed by atoms with van der Waals surface area (Å²) in [6, 6.07) is 1.37. The highest BCUT2D eigenvalue weighted by Gasteiger charge is 2.34. The summed E-state index contributed by atoms with van der Waals surface area (Å²) in [6.45, 7) is 0. The molecule has 0 aliphatic heterocycles. The number of hydrogen-bond acceptors (Lipinski definition) is 1. The van der Waals surface area contributed by atoms with Gasteiger partial charge in [0, 0.05) is 24.8 Å². The Balaban J connectivity index is 2.80. The van der Waals surface area contributed by atoms with Crippen molar-refractivity contribution in [3.8, 4) is 0 Å². The fraction of sp³-hybridized carbons (Fsp3) is 0.222. The number of aryl methyl sites for hydroxylation is 1. The van der Waals surface area contributed by atoms with Gasteiger partial charge in [-0.05, 0) is 6.07 Å². The molecule has 0 spiro atoms. The molecule has 0 bridgehead atoms. The van der Waals surface area contributed by atoms with Crippen molar-refractivity contribution in [2.24, 2.45) is 7.05 Å². The van der Waals surface area contributed by atoms with Crippen molar-refractivity contribution in [3.63, 3.8) is 0 Å². The third kappa shape index (κ3) is 1.25. The molecule has 2 rings (SSSR count). The van der Waals surface area contributed by atoms with E-state index in [9.17, 15) is 13.2 Å². The van der Waals surface area contributed by atoms with E-state index in [1.807, 2.05) is 0 Å². The van der Waals surface area contributed by atoms with Crippen LogP contribution in [0.4, 0.5) is 13.2 Å². The van der Waals surface area contributed by atoms with Gasteiger partial charge in [-0.3, -0.25) is 4.98 Å². The Kier molecular flexibility index (Phi) is 1.77. The van der Waals surface area contributed by atoms with Gasteiger partial charge in [0.05, 0.1) is 17.3 Å². The molecule has 0 amide bonds. The number of pyridine rings is 1. The lowest BCUT2D eigenvalue weighted by atomic mass is 10.2. The Bertz CT molecular complexity index is 470. The van der Waals surface area contributed by atoms with Gasteiger partial charge in [-0.25, -0.2) is 0 Å². The summed E-state index contributed by atoms with van der Waals surface area (Å²) in [5.41, 5.74) is -0.128. The first-order valence-corrected chi connectivity index (χ1v) is 3.96. The first kappa shape index (κ1) is 9.05. The Morgan fingerprint density at radius 1 is 1.36 bits per heavy atom. The summed E-state index contributed by atoms with van der Waals surface area (Å²) in [7, 11) is 1.57. The molecule has 2 heterocycles. The van der Waals surface area contributed by atoms with Crippen molar-refractivity contribution < 1.29 is 13.2 Å². The van der Waals surface area contributed by atoms with Gasteiger partial charge in [0.2, 0.25) is 0 Å². The Morgan fingerprint density at radius 3 is 2.71 bits per heavy atom. The summed E-state index contributed by atoms with van der Waals surface area (Å²) in [4.78, 5) is 3.78. The zero-order valence-corrected chi connectivity index (χ0v) is 7.34. The smallest absolute Gasteiger partial charge is 0.349 e. The fourth-order valence-corrected chi connectivity index (χ4v) is 1.45. The van der Waals surface area contributed by atoms with Crippen LogP contribution in [0.2, 0.25) is 0 Å². The van der Waals surface area contributed by atoms with Gasteiger partial charge < -0.3 is 4.57 Å². The second-order valence-electron chi connectivity index (χ2n) is 3.04. The van der Waals surface area contributed by atoms with Crippen LogP contribution in [0.25, 0.3) is 10.9 Å². The van der Waals surface area contributed by atoms with E-state index in [4.69, 9.17) is 0 Å². The van der Waals surface area contributed by atoms with Crippen molar-refractivity contribution in [2.75, 3.05) is 0 Å². The second-order valence-corrected chi connectivity index (χ2v) is 3.04. The van der Waals surface area contributed by atoms with Crippen molar-refractivity contribution in [3.05, 3.63) is 30.2 Å². The van der Waals surface area contributed by atoms with Crippen LogP contribution in [0, 0.1) is 0 Å². The standard InChI is InChI=1S/C9H7F3N2/c1-14-5-7(9(10,11)12)6-2-3-13-4-8(6)14/h2-5H,1H3. The van der Waals surface area contributed by atoms with Crippen LogP contribution in [0.1, 0.15) is 5.56 Å². The third-order valence-electron chi connectivity index (χ3n) is 2.10. The summed E-state index contributed by atoms with van der Waals surface area (Å²) in [6.07, 6.45) is -0.449. The van der Waals surface area contributed by atoms with E-state index in [1.54, 1.807) is 7.05 Å². The lowest BCUT2D eigenvalue weighted by Gasteiger charge is -2.02. The molecule has 0 aromatic carbocycles. The number of alkyl halides is 3. The van der Waals surface area contributed by atoms with Crippen molar-refractivity contribution in [1.82, 2.24) is 9.55 Å². The lowest BCUT2D eigenvalue weighted by Crippen LogP contribution is -2.03. The van der Waals surface area contributed by atoms with Crippen LogP contribution in [-0.4, -0.2) is 9.55 Å². The van der Waals surface area contributed by atoms with Gasteiger partial charge in [0.1, 0.15) is 0 Å². The minimum Gasteiger partial charge on any atom is -0.349 e. The molecule has 2 aromatic heterocycles. The number of fused-ring (bicyclic) bond motifs is 1. The minimum absolute atomic E-state index is 0.190. The number of hydrogen-bond donors (Lipinski definition) is 0. The van der Waals surface area contributed by atoms with Gasteiger partial charge in [-0.1, -0.05) is 0 Å². The molecule has 0 aliphatic carbocycles. The van der Waals surface area contributed by atoms with E-state index < -0.39 is 11.7 Å². The Morgan fingerprint density at radius 2 is 2.07 bits per heavy atom. The SMILES string of the molecule is Cn1cc(C(F)(F)F)c2ccncc21. The molecule has 0 saturated carbocycles. The zero-order chi connectivity index (χ0) is 10.3. The third-order valence-corrected chi connectivity index (χ3v) is 2.10. The number of aromatic nitrogens is 2. The van der Waals surface area contributed by atoms with E-state index in [1.165, 1.54) is 23.0 Å². The van der Waals surface area contributed by atoms with E-state index in [-0.39, 0.29) is 5.39 Å². The first-order valence-electron chi connectivity index (χ1n) is 3.96. The molecule has 5 heteroatoms. The maximum absolute atomic E-state index is 12.5. The van der Waals surface area contributed by atoms with Gasteiger partial charge in [0.15, 0.2) is 0 Å². The van der Waals surface area contributed by atoms with Gasteiger partial charge in [0.25, 0.3) is 0 Å². The first-order chi connectivity index (χ1) is 6.50. The van der Waals surface area contributed by atoms with Crippen LogP contribution >= 0.6 is 0 Å². The van der Waals surface area contributed by atoms with Crippen LogP contribution in [0.3, 0.4) is 0 Å². The zero-order valence-electron chi connectivity index (χ0n) is 7.34. The predicted octanol–water partition coefficient (Wildman–Crippen LogP) is 2.59. The van der Waals surface area contributed by atoms with Crippen LogP contribution < -0.4 is 0 Å². The molecule has 0 fully saturated rings. The number of halogens is 3. The molecule has 2 nitrogen and oxygen atoms in total. The van der Waals surface area contributed by atoms with Crippen LogP contribution in [0.5, 0.6) is 0 Å². The van der Waals surface area contributed by atoms with Crippen molar-refractivity contribution in [1.29, 1.82) is 0 Å². The molecule has 0 radical (unpaired) electrons. The Hall–Kier alpha value is -1.52. The number of rotatable bonds is 0. The second kappa shape index (κ2) is 2.73. The maximum Gasteiger partial charge on any atom is 0.418 e. The quantitative estimate of drug-likeness (QED) is 0.639. The van der Waals surface area contributed by atoms with E-state index in [2.05, 4.69) is 4.98 Å². The Labute approximate surface area is 78.0 Å². The topological polar surface area (TPSA) is 17.8 Å². The molecule has 0 aliphatic rings. The summed E-state index contributed by atoms with van der Waals surface area (Å²) < 4.78 is 38.9. The highest BCUT2D eigenvalue weighted by atomic mass is 19.4. The summed E-state index contributed by atoms with van der Waals surface area (Å²) >= 11 is 0. The molecule has 0 N–H and O–H groups in total. The highest BCUT2D eigenvalue weighted by Crippen LogP contribution is 2.35. The van der Waals surface area contributed by atoms with Gasteiger partial charge in [-0.15, -0.1) is 0 Å². The molecule has 14 heavy (non-hydrogen) atoms. The molecule has 0 atom stereocenters. The van der Waals surface area contributed by atoms with E-state index in [0.717, 1.165) is 6.20 Å². The highest BCUT2D eigenvalue weighted by molar-refractivity contribution is 5.83. The van der Waals surface area contributed by atoms with Gasteiger partial charge >= 0.3 is 6.18 Å². The fourth-order valence-electron chi connectivity index (χ4n) is 1.45. The average molecular weight is 200 g/mol. The monoisotopic (exact) mass is 200 g/mol. The molecule has 74 valence electrons. The number of nitrogens with zero attached hydrogens (tertiary/aromatic N) is 2. The van der Waals surface area contributed by atoms with Crippen LogP contribution in [0.15, 0.2) is 24.7 Å². The van der Waals surface area contributed by atoms with Crippen molar-refractivity contribution >= 4 is 10.9 Å².